The molecule has 1 N–H and O–H groups in total. The van der Waals surface area contributed by atoms with E-state index in [0.717, 1.165) is 11.7 Å². The minimum absolute atomic E-state index is 0.289. The molecule has 7 nitrogen and oxygen atoms in total. The van der Waals surface area contributed by atoms with Crippen LogP contribution in [0.25, 0.3) is 11.0 Å². The molecule has 1 heterocycles. The molecule has 0 fully saturated rings. The van der Waals surface area contributed by atoms with Crippen LogP contribution in [0.1, 0.15) is 10.4 Å². The lowest BCUT2D eigenvalue weighted by Gasteiger charge is -2.09. The van der Waals surface area contributed by atoms with E-state index in [1.807, 2.05) is 30.3 Å². The van der Waals surface area contributed by atoms with Crippen molar-refractivity contribution >= 4 is 40.3 Å². The van der Waals surface area contributed by atoms with Gasteiger partial charge in [-0.1, -0.05) is 30.3 Å². The highest BCUT2D eigenvalue weighted by molar-refractivity contribution is 7.00. The summed E-state index contributed by atoms with van der Waals surface area (Å²) in [7, 11) is 0. The minimum atomic E-state index is -0.618. The number of carbonyl (C=O) groups excluding carboxylic acids is 2. The van der Waals surface area contributed by atoms with Gasteiger partial charge in [-0.3, -0.25) is 4.79 Å². The second kappa shape index (κ2) is 8.49. The molecule has 0 saturated carbocycles. The number of nitrogens with zero attached hydrogens (tertiary/aromatic N) is 2. The number of rotatable bonds is 6. The lowest BCUT2D eigenvalue weighted by Crippen LogP contribution is -2.21. The summed E-state index contributed by atoms with van der Waals surface area (Å²) < 4.78 is 19.1. The molecule has 8 heteroatoms. The monoisotopic (exact) mass is 405 g/mol. The van der Waals surface area contributed by atoms with Crippen LogP contribution in [0.15, 0.2) is 72.8 Å². The molecule has 1 amide bonds. The van der Waals surface area contributed by atoms with E-state index in [4.69, 9.17) is 9.47 Å². The molecule has 4 rings (SSSR count). The molecular formula is C21H15N3O4S. The number of amides is 1. The first-order chi connectivity index (χ1) is 14.2. The van der Waals surface area contributed by atoms with Crippen LogP contribution in [0.2, 0.25) is 0 Å². The molecular weight excluding hydrogens is 390 g/mol. The number of carbonyl (C=O) groups is 2. The van der Waals surface area contributed by atoms with Crippen LogP contribution in [0.3, 0.4) is 0 Å². The summed E-state index contributed by atoms with van der Waals surface area (Å²) in [6.07, 6.45) is 0. The Balaban J connectivity index is 1.36. The van der Waals surface area contributed by atoms with Crippen molar-refractivity contribution in [2.75, 3.05) is 11.9 Å². The number of fused-ring (bicyclic) bond motifs is 1. The number of esters is 1. The number of hydrogen-bond donors (Lipinski definition) is 1. The van der Waals surface area contributed by atoms with Crippen LogP contribution in [-0.2, 0) is 9.53 Å². The minimum Gasteiger partial charge on any atom is -0.457 e. The van der Waals surface area contributed by atoms with Crippen molar-refractivity contribution in [3.05, 3.63) is 78.4 Å². The lowest BCUT2D eigenvalue weighted by atomic mass is 10.2. The summed E-state index contributed by atoms with van der Waals surface area (Å²) in [6.45, 7) is -0.420. The topological polar surface area (TPSA) is 90.4 Å². The third kappa shape index (κ3) is 4.56. The summed E-state index contributed by atoms with van der Waals surface area (Å²) in [5.41, 5.74) is 2.11. The van der Waals surface area contributed by atoms with Gasteiger partial charge in [0, 0.05) is 0 Å². The van der Waals surface area contributed by atoms with E-state index in [1.165, 1.54) is 0 Å². The van der Waals surface area contributed by atoms with Gasteiger partial charge in [-0.25, -0.2) is 4.79 Å². The first-order valence-electron chi connectivity index (χ1n) is 8.70. The number of hydrogen-bond acceptors (Lipinski definition) is 7. The molecule has 29 heavy (non-hydrogen) atoms. The van der Waals surface area contributed by atoms with Crippen molar-refractivity contribution in [3.63, 3.8) is 0 Å². The number of anilines is 1. The quantitative estimate of drug-likeness (QED) is 0.482. The highest BCUT2D eigenvalue weighted by Gasteiger charge is 2.13. The van der Waals surface area contributed by atoms with Crippen LogP contribution in [0.4, 0.5) is 5.69 Å². The molecule has 0 unspecified atom stereocenters. The average Bonchev–Trinajstić information content (AvgIpc) is 3.23. The largest absolute Gasteiger partial charge is 0.457 e. The zero-order valence-electron chi connectivity index (χ0n) is 15.1. The normalized spacial score (nSPS) is 10.5. The van der Waals surface area contributed by atoms with Gasteiger partial charge in [-0.05, 0) is 42.5 Å². The van der Waals surface area contributed by atoms with E-state index in [2.05, 4.69) is 14.1 Å². The smallest absolute Gasteiger partial charge is 0.338 e. The molecule has 0 aliphatic heterocycles. The highest BCUT2D eigenvalue weighted by atomic mass is 32.1. The van der Waals surface area contributed by atoms with Crippen molar-refractivity contribution in [1.82, 2.24) is 8.75 Å². The van der Waals surface area contributed by atoms with Gasteiger partial charge in [0.2, 0.25) is 0 Å². The first-order valence-corrected chi connectivity index (χ1v) is 9.43. The Morgan fingerprint density at radius 2 is 1.69 bits per heavy atom. The predicted molar refractivity (Wildman–Crippen MR) is 109 cm³/mol. The number of nitrogens with one attached hydrogen (secondary N) is 1. The van der Waals surface area contributed by atoms with Crippen LogP contribution in [0.5, 0.6) is 11.5 Å². The standard InChI is InChI=1S/C21H15N3O4S/c25-19(22-17-10-5-11-18-20(17)24-29-23-18)13-27-21(26)14-6-4-9-16(12-14)28-15-7-2-1-3-8-15/h1-12H,13H2,(H,22,25). The van der Waals surface area contributed by atoms with Crippen LogP contribution >= 0.6 is 11.7 Å². The van der Waals surface area contributed by atoms with Gasteiger partial charge >= 0.3 is 5.97 Å². The van der Waals surface area contributed by atoms with Crippen molar-refractivity contribution in [2.24, 2.45) is 0 Å². The van der Waals surface area contributed by atoms with Crippen molar-refractivity contribution in [2.45, 2.75) is 0 Å². The Hall–Kier alpha value is -3.78. The number of ether oxygens (including phenoxy) is 2. The van der Waals surface area contributed by atoms with Crippen molar-refractivity contribution < 1.29 is 19.1 Å². The molecule has 0 spiro atoms. The van der Waals surface area contributed by atoms with Crippen molar-refractivity contribution in [1.29, 1.82) is 0 Å². The van der Waals surface area contributed by atoms with E-state index < -0.39 is 18.5 Å². The van der Waals surface area contributed by atoms with Gasteiger partial charge in [0.1, 0.15) is 22.5 Å². The van der Waals surface area contributed by atoms with Gasteiger partial charge in [0.15, 0.2) is 6.61 Å². The fourth-order valence-electron chi connectivity index (χ4n) is 2.62. The van der Waals surface area contributed by atoms with Gasteiger partial charge in [0.05, 0.1) is 23.0 Å². The van der Waals surface area contributed by atoms with Crippen LogP contribution < -0.4 is 10.1 Å². The Morgan fingerprint density at radius 3 is 2.55 bits per heavy atom. The molecule has 4 aromatic rings. The number of benzene rings is 3. The highest BCUT2D eigenvalue weighted by Crippen LogP contribution is 2.23. The van der Waals surface area contributed by atoms with E-state index in [1.54, 1.807) is 42.5 Å². The molecule has 0 bridgehead atoms. The summed E-state index contributed by atoms with van der Waals surface area (Å²) in [4.78, 5) is 24.5. The maximum atomic E-state index is 12.3. The van der Waals surface area contributed by atoms with Gasteiger partial charge < -0.3 is 14.8 Å². The van der Waals surface area contributed by atoms with E-state index in [0.29, 0.717) is 28.2 Å². The summed E-state index contributed by atoms with van der Waals surface area (Å²) >= 11 is 1.06. The predicted octanol–water partition coefficient (Wildman–Crippen LogP) is 4.28. The van der Waals surface area contributed by atoms with Gasteiger partial charge in [-0.15, -0.1) is 0 Å². The second-order valence-electron chi connectivity index (χ2n) is 6.00. The Morgan fingerprint density at radius 1 is 0.897 bits per heavy atom. The third-order valence-electron chi connectivity index (χ3n) is 3.94. The zero-order valence-corrected chi connectivity index (χ0v) is 15.9. The molecule has 0 aliphatic rings. The van der Waals surface area contributed by atoms with Crippen LogP contribution in [-0.4, -0.2) is 27.2 Å². The lowest BCUT2D eigenvalue weighted by molar-refractivity contribution is -0.119. The molecule has 0 saturated heterocycles. The molecule has 0 aliphatic carbocycles. The van der Waals surface area contributed by atoms with Crippen LogP contribution in [0, 0.1) is 0 Å². The zero-order chi connectivity index (χ0) is 20.1. The Labute approximate surface area is 170 Å². The third-order valence-corrected chi connectivity index (χ3v) is 4.49. The molecule has 1 aromatic heterocycles. The molecule has 0 radical (unpaired) electrons. The molecule has 3 aromatic carbocycles. The fraction of sp³-hybridized carbons (Fsp3) is 0.0476. The summed E-state index contributed by atoms with van der Waals surface area (Å²) in [6, 6.07) is 21.1. The molecule has 0 atom stereocenters. The van der Waals surface area contributed by atoms with Gasteiger partial charge in [-0.2, -0.15) is 8.75 Å². The fourth-order valence-corrected chi connectivity index (χ4v) is 3.17. The van der Waals surface area contributed by atoms with E-state index in [9.17, 15) is 9.59 Å². The van der Waals surface area contributed by atoms with Crippen molar-refractivity contribution in [3.8, 4) is 11.5 Å². The second-order valence-corrected chi connectivity index (χ2v) is 6.53. The maximum Gasteiger partial charge on any atom is 0.338 e. The Kier molecular flexibility index (Phi) is 5.44. The number of para-hydroxylation sites is 1. The first kappa shape index (κ1) is 18.6. The summed E-state index contributed by atoms with van der Waals surface area (Å²) in [5, 5.41) is 2.69. The van der Waals surface area contributed by atoms with Gasteiger partial charge in [0.25, 0.3) is 5.91 Å². The number of aromatic nitrogens is 2. The maximum absolute atomic E-state index is 12.3. The van der Waals surface area contributed by atoms with E-state index >= 15 is 0 Å². The SMILES string of the molecule is O=C(COC(=O)c1cccc(Oc2ccccc2)c1)Nc1cccc2nsnc12. The Bertz CT molecular complexity index is 1160. The summed E-state index contributed by atoms with van der Waals surface area (Å²) in [5.74, 6) is 0.0728. The average molecular weight is 405 g/mol. The van der Waals surface area contributed by atoms with E-state index in [-0.39, 0.29) is 5.56 Å². The molecule has 144 valence electrons.